The maximum absolute atomic E-state index is 15.2. The first-order valence-corrected chi connectivity index (χ1v) is 12.1. The Labute approximate surface area is 190 Å². The Kier molecular flexibility index (Phi) is 4.56. The molecule has 164 valence electrons. The van der Waals surface area contributed by atoms with Crippen LogP contribution >= 0.6 is 7.14 Å². The lowest BCUT2D eigenvalue weighted by Gasteiger charge is -2.24. The van der Waals surface area contributed by atoms with Gasteiger partial charge < -0.3 is 28.6 Å². The summed E-state index contributed by atoms with van der Waals surface area (Å²) in [5.41, 5.74) is 0.843. The van der Waals surface area contributed by atoms with Crippen LogP contribution in [0.15, 0.2) is 84.9 Å². The third kappa shape index (κ3) is 2.99. The van der Waals surface area contributed by atoms with E-state index in [1.165, 1.54) is 6.07 Å². The lowest BCUT2D eigenvalue weighted by molar-refractivity contribution is 0.173. The van der Waals surface area contributed by atoms with E-state index >= 15 is 4.57 Å². The van der Waals surface area contributed by atoms with E-state index in [1.807, 2.05) is 60.7 Å². The number of phenols is 1. The van der Waals surface area contributed by atoms with Crippen LogP contribution < -0.4 is 34.9 Å². The van der Waals surface area contributed by atoms with Crippen molar-refractivity contribution in [1.82, 2.24) is 0 Å². The summed E-state index contributed by atoms with van der Waals surface area (Å²) < 4.78 is 38.0. The number of phenolic OH excluding ortho intramolecular Hbond substituents is 1. The molecule has 4 aromatic carbocycles. The van der Waals surface area contributed by atoms with Crippen molar-refractivity contribution in [3.8, 4) is 39.9 Å². The average Bonchev–Trinajstić information content (AvgIpc) is 3.54. The van der Waals surface area contributed by atoms with Gasteiger partial charge in [-0.3, -0.25) is 0 Å². The number of hydrogen-bond acceptors (Lipinski definition) is 6. The molecule has 0 radical (unpaired) electrons. The lowest BCUT2D eigenvalue weighted by atomic mass is 10.0. The van der Waals surface area contributed by atoms with E-state index in [0.29, 0.717) is 50.0 Å². The molecule has 0 saturated carbocycles. The van der Waals surface area contributed by atoms with E-state index < -0.39 is 7.14 Å². The lowest BCUT2D eigenvalue weighted by Crippen LogP contribution is -2.26. The van der Waals surface area contributed by atoms with Crippen molar-refractivity contribution in [3.63, 3.8) is 0 Å². The zero-order valence-corrected chi connectivity index (χ0v) is 18.3. The number of fused-ring (bicyclic) bond motifs is 2. The van der Waals surface area contributed by atoms with Gasteiger partial charge in [0.05, 0.1) is 5.56 Å². The fraction of sp³-hybridized carbons (Fsp3) is 0.0769. The van der Waals surface area contributed by atoms with Crippen LogP contribution in [0.2, 0.25) is 0 Å². The first-order valence-electron chi connectivity index (χ1n) is 10.4. The van der Waals surface area contributed by atoms with Gasteiger partial charge in [-0.2, -0.15) is 0 Å². The zero-order valence-electron chi connectivity index (χ0n) is 17.4. The van der Waals surface area contributed by atoms with Crippen molar-refractivity contribution >= 4 is 23.1 Å². The van der Waals surface area contributed by atoms with Crippen LogP contribution in [0.1, 0.15) is 0 Å². The van der Waals surface area contributed by atoms with E-state index in [2.05, 4.69) is 0 Å². The van der Waals surface area contributed by atoms with Crippen molar-refractivity contribution < 1.29 is 28.6 Å². The molecule has 0 fully saturated rings. The molecule has 0 atom stereocenters. The highest BCUT2D eigenvalue weighted by Crippen LogP contribution is 2.56. The summed E-state index contributed by atoms with van der Waals surface area (Å²) in [6.45, 7) is 0.0580. The summed E-state index contributed by atoms with van der Waals surface area (Å²) in [6.07, 6.45) is 0. The monoisotopic (exact) mass is 458 g/mol. The minimum Gasteiger partial charge on any atom is -0.507 e. The van der Waals surface area contributed by atoms with E-state index in [0.717, 1.165) is 0 Å². The Morgan fingerprint density at radius 3 is 1.70 bits per heavy atom. The van der Waals surface area contributed by atoms with Crippen molar-refractivity contribution in [2.45, 2.75) is 0 Å². The van der Waals surface area contributed by atoms with Crippen LogP contribution in [-0.2, 0) is 4.57 Å². The Hall–Kier alpha value is -3.89. The van der Waals surface area contributed by atoms with E-state index in [1.54, 1.807) is 18.2 Å². The Morgan fingerprint density at radius 2 is 1.12 bits per heavy atom. The van der Waals surface area contributed by atoms with Crippen molar-refractivity contribution in [2.75, 3.05) is 13.6 Å². The topological polar surface area (TPSA) is 74.2 Å². The van der Waals surface area contributed by atoms with Gasteiger partial charge in [-0.1, -0.05) is 60.7 Å². The minimum atomic E-state index is -3.40. The summed E-state index contributed by atoms with van der Waals surface area (Å²) >= 11 is 0. The van der Waals surface area contributed by atoms with Gasteiger partial charge in [-0.15, -0.1) is 0 Å². The van der Waals surface area contributed by atoms with Crippen molar-refractivity contribution in [1.29, 1.82) is 0 Å². The standard InChI is InChI=1S/C26H19O6P/c27-19-11-12-20-25(31-15-29-20)23(19)24-22(14-13-21-26(24)32-16-30-21)33(28,17-7-3-1-4-8-17)18-9-5-2-6-10-18/h1-14,27H,15-16H2. The fourth-order valence-electron chi connectivity index (χ4n) is 4.37. The average molecular weight is 458 g/mol. The van der Waals surface area contributed by atoms with Gasteiger partial charge in [-0.05, 0) is 24.3 Å². The molecule has 2 aliphatic rings. The molecule has 6 nitrogen and oxygen atoms in total. The van der Waals surface area contributed by atoms with Gasteiger partial charge in [0, 0.05) is 21.5 Å². The van der Waals surface area contributed by atoms with Crippen LogP contribution in [0.3, 0.4) is 0 Å². The maximum Gasteiger partial charge on any atom is 0.231 e. The van der Waals surface area contributed by atoms with Crippen molar-refractivity contribution in [3.05, 3.63) is 84.9 Å². The summed E-state index contributed by atoms with van der Waals surface area (Å²) in [7, 11) is -3.40. The van der Waals surface area contributed by atoms with E-state index in [-0.39, 0.29) is 19.3 Å². The number of benzene rings is 4. The molecule has 6 rings (SSSR count). The number of rotatable bonds is 4. The highest BCUT2D eigenvalue weighted by Gasteiger charge is 2.38. The SMILES string of the molecule is O=P(c1ccccc1)(c1ccccc1)c1ccc2c(c1-c1c(O)ccc3c1OCO3)OCO2. The minimum absolute atomic E-state index is 0.0277. The molecule has 0 aliphatic carbocycles. The summed E-state index contributed by atoms with van der Waals surface area (Å²) in [4.78, 5) is 0. The summed E-state index contributed by atoms with van der Waals surface area (Å²) in [6, 6.07) is 25.4. The first kappa shape index (κ1) is 19.8. The fourth-order valence-corrected chi connectivity index (χ4v) is 7.22. The quantitative estimate of drug-likeness (QED) is 0.463. The van der Waals surface area contributed by atoms with Gasteiger partial charge in [0.25, 0.3) is 0 Å². The molecule has 7 heteroatoms. The molecular formula is C26H19O6P. The van der Waals surface area contributed by atoms with Crippen LogP contribution in [0, 0.1) is 0 Å². The molecule has 0 saturated heterocycles. The predicted octanol–water partition coefficient (Wildman–Crippen LogP) is 4.16. The number of ether oxygens (including phenoxy) is 4. The summed E-state index contributed by atoms with van der Waals surface area (Å²) in [5.74, 6) is 1.78. The molecule has 0 spiro atoms. The molecule has 0 aromatic heterocycles. The second-order valence-electron chi connectivity index (χ2n) is 7.67. The summed E-state index contributed by atoms with van der Waals surface area (Å²) in [5, 5.41) is 12.8. The van der Waals surface area contributed by atoms with Gasteiger partial charge in [-0.25, -0.2) is 0 Å². The zero-order chi connectivity index (χ0) is 22.4. The highest BCUT2D eigenvalue weighted by molar-refractivity contribution is 7.85. The van der Waals surface area contributed by atoms with Crippen LogP contribution in [-0.4, -0.2) is 18.7 Å². The molecule has 0 unspecified atom stereocenters. The number of aromatic hydroxyl groups is 1. The second kappa shape index (κ2) is 7.61. The van der Waals surface area contributed by atoms with Crippen LogP contribution in [0.25, 0.3) is 11.1 Å². The van der Waals surface area contributed by atoms with Crippen LogP contribution in [0.5, 0.6) is 28.7 Å². The first-order chi connectivity index (χ1) is 16.2. The smallest absolute Gasteiger partial charge is 0.231 e. The third-order valence-electron chi connectivity index (χ3n) is 5.86. The molecule has 1 N–H and O–H groups in total. The molecule has 2 heterocycles. The second-order valence-corrected chi connectivity index (χ2v) is 10.4. The Balaban J connectivity index is 1.73. The maximum atomic E-state index is 15.2. The molecule has 33 heavy (non-hydrogen) atoms. The van der Waals surface area contributed by atoms with E-state index in [4.69, 9.17) is 18.9 Å². The van der Waals surface area contributed by atoms with Gasteiger partial charge >= 0.3 is 0 Å². The molecular weight excluding hydrogens is 439 g/mol. The Morgan fingerprint density at radius 1 is 0.606 bits per heavy atom. The van der Waals surface area contributed by atoms with E-state index in [9.17, 15) is 5.11 Å². The highest BCUT2D eigenvalue weighted by atomic mass is 31.2. The molecule has 2 aliphatic heterocycles. The van der Waals surface area contributed by atoms with Crippen molar-refractivity contribution in [2.24, 2.45) is 0 Å². The van der Waals surface area contributed by atoms with Gasteiger partial charge in [0.2, 0.25) is 13.6 Å². The van der Waals surface area contributed by atoms with Gasteiger partial charge in [0.1, 0.15) is 5.75 Å². The third-order valence-corrected chi connectivity index (χ3v) is 8.97. The number of hydrogen-bond donors (Lipinski definition) is 1. The largest absolute Gasteiger partial charge is 0.507 e. The van der Waals surface area contributed by atoms with Gasteiger partial charge in [0.15, 0.2) is 30.1 Å². The Bertz CT molecular complexity index is 1360. The molecule has 4 aromatic rings. The molecule has 0 bridgehead atoms. The van der Waals surface area contributed by atoms with Crippen LogP contribution in [0.4, 0.5) is 0 Å². The molecule has 0 amide bonds. The predicted molar refractivity (Wildman–Crippen MR) is 125 cm³/mol. The normalized spacial score (nSPS) is 13.8.